The standard InChI is InChI=1S/C19H20N6OS/c1-13-4-5-17(24-23-13)25-9-6-14(7-10-25)18(26)22-19-21-16(12-27-19)15-3-2-8-20-11-15/h2-5,8,11-12,14H,6-7,9-10H2,1H3,(H,21,22,26). The number of thiazole rings is 1. The number of rotatable bonds is 4. The van der Waals surface area contributed by atoms with Gasteiger partial charge in [0.2, 0.25) is 5.91 Å². The van der Waals surface area contributed by atoms with Crippen LogP contribution < -0.4 is 10.2 Å². The number of aromatic nitrogens is 4. The maximum absolute atomic E-state index is 12.6. The van der Waals surface area contributed by atoms with E-state index in [1.165, 1.54) is 11.3 Å². The summed E-state index contributed by atoms with van der Waals surface area (Å²) in [6, 6.07) is 7.78. The third-order valence-electron chi connectivity index (χ3n) is 4.67. The molecule has 0 radical (unpaired) electrons. The Kier molecular flexibility index (Phi) is 5.06. The van der Waals surface area contributed by atoms with Gasteiger partial charge in [-0.05, 0) is 44.0 Å². The zero-order valence-electron chi connectivity index (χ0n) is 15.0. The fourth-order valence-electron chi connectivity index (χ4n) is 3.12. The van der Waals surface area contributed by atoms with E-state index in [9.17, 15) is 4.79 Å². The number of carbonyl (C=O) groups excluding carboxylic acids is 1. The number of amides is 1. The molecule has 0 atom stereocenters. The van der Waals surface area contributed by atoms with Gasteiger partial charge in [-0.15, -0.1) is 16.4 Å². The molecule has 0 bridgehead atoms. The molecule has 4 rings (SSSR count). The van der Waals surface area contributed by atoms with Crippen LogP contribution in [0.15, 0.2) is 42.0 Å². The second-order valence-electron chi connectivity index (χ2n) is 6.56. The predicted octanol–water partition coefficient (Wildman–Crippen LogP) is 3.16. The van der Waals surface area contributed by atoms with E-state index in [1.54, 1.807) is 12.4 Å². The van der Waals surface area contributed by atoms with E-state index < -0.39 is 0 Å². The molecular weight excluding hydrogens is 360 g/mol. The Hall–Kier alpha value is -2.87. The van der Waals surface area contributed by atoms with Crippen molar-refractivity contribution in [1.29, 1.82) is 0 Å². The van der Waals surface area contributed by atoms with Crippen LogP contribution >= 0.6 is 11.3 Å². The zero-order valence-corrected chi connectivity index (χ0v) is 15.8. The van der Waals surface area contributed by atoms with Gasteiger partial charge in [-0.1, -0.05) is 0 Å². The van der Waals surface area contributed by atoms with Gasteiger partial charge in [0, 0.05) is 42.3 Å². The molecule has 3 aromatic rings. The second-order valence-corrected chi connectivity index (χ2v) is 7.42. The first-order valence-electron chi connectivity index (χ1n) is 8.91. The summed E-state index contributed by atoms with van der Waals surface area (Å²) >= 11 is 1.44. The van der Waals surface area contributed by atoms with Gasteiger partial charge in [-0.3, -0.25) is 9.78 Å². The van der Waals surface area contributed by atoms with Crippen molar-refractivity contribution < 1.29 is 4.79 Å². The first-order chi connectivity index (χ1) is 13.2. The Labute approximate surface area is 161 Å². The Morgan fingerprint density at radius 1 is 1.22 bits per heavy atom. The zero-order chi connectivity index (χ0) is 18.6. The van der Waals surface area contributed by atoms with Crippen molar-refractivity contribution >= 4 is 28.2 Å². The monoisotopic (exact) mass is 380 g/mol. The Bertz CT molecular complexity index is 903. The molecule has 4 heterocycles. The molecule has 1 amide bonds. The average Bonchev–Trinajstić information content (AvgIpc) is 3.18. The minimum atomic E-state index is -0.00889. The number of pyridine rings is 1. The second kappa shape index (κ2) is 7.79. The van der Waals surface area contributed by atoms with Gasteiger partial charge >= 0.3 is 0 Å². The lowest BCUT2D eigenvalue weighted by Crippen LogP contribution is -2.38. The van der Waals surface area contributed by atoms with Crippen molar-refractivity contribution in [3.05, 3.63) is 47.7 Å². The third-order valence-corrected chi connectivity index (χ3v) is 5.42. The largest absolute Gasteiger partial charge is 0.355 e. The van der Waals surface area contributed by atoms with Crippen LogP contribution in [0.5, 0.6) is 0 Å². The molecule has 1 saturated heterocycles. The van der Waals surface area contributed by atoms with Crippen LogP contribution in [0.2, 0.25) is 0 Å². The molecule has 1 aliphatic heterocycles. The normalized spacial score (nSPS) is 14.9. The molecule has 1 aliphatic rings. The molecule has 0 aliphatic carbocycles. The highest BCUT2D eigenvalue weighted by atomic mass is 32.1. The smallest absolute Gasteiger partial charge is 0.229 e. The minimum Gasteiger partial charge on any atom is -0.355 e. The summed E-state index contributed by atoms with van der Waals surface area (Å²) in [4.78, 5) is 23.4. The van der Waals surface area contributed by atoms with E-state index >= 15 is 0 Å². The average molecular weight is 380 g/mol. The van der Waals surface area contributed by atoms with Gasteiger partial charge in [0.15, 0.2) is 10.9 Å². The van der Waals surface area contributed by atoms with Crippen molar-refractivity contribution in [2.75, 3.05) is 23.3 Å². The van der Waals surface area contributed by atoms with E-state index in [4.69, 9.17) is 0 Å². The number of hydrogen-bond donors (Lipinski definition) is 1. The highest BCUT2D eigenvalue weighted by Crippen LogP contribution is 2.26. The number of piperidine rings is 1. The molecule has 1 N–H and O–H groups in total. The summed E-state index contributed by atoms with van der Waals surface area (Å²) in [5.74, 6) is 0.905. The molecule has 27 heavy (non-hydrogen) atoms. The molecule has 7 nitrogen and oxygen atoms in total. The molecule has 8 heteroatoms. The van der Waals surface area contributed by atoms with E-state index in [-0.39, 0.29) is 11.8 Å². The fraction of sp³-hybridized carbons (Fsp3) is 0.316. The minimum absolute atomic E-state index is 0.00889. The number of nitrogens with zero attached hydrogens (tertiary/aromatic N) is 5. The van der Waals surface area contributed by atoms with Gasteiger partial charge in [0.25, 0.3) is 0 Å². The number of nitrogens with one attached hydrogen (secondary N) is 1. The molecule has 0 unspecified atom stereocenters. The quantitative estimate of drug-likeness (QED) is 0.748. The van der Waals surface area contributed by atoms with Gasteiger partial charge in [0.1, 0.15) is 0 Å². The third kappa shape index (κ3) is 4.11. The number of hydrogen-bond acceptors (Lipinski definition) is 7. The summed E-state index contributed by atoms with van der Waals surface area (Å²) in [5, 5.41) is 13.9. The summed E-state index contributed by atoms with van der Waals surface area (Å²) in [7, 11) is 0. The Morgan fingerprint density at radius 3 is 2.78 bits per heavy atom. The topological polar surface area (TPSA) is 83.9 Å². The van der Waals surface area contributed by atoms with Crippen LogP contribution in [0.1, 0.15) is 18.5 Å². The van der Waals surface area contributed by atoms with Crippen molar-refractivity contribution in [2.24, 2.45) is 5.92 Å². The van der Waals surface area contributed by atoms with E-state index in [0.717, 1.165) is 48.7 Å². The molecular formula is C19H20N6OS. The van der Waals surface area contributed by atoms with Gasteiger partial charge < -0.3 is 10.2 Å². The lowest BCUT2D eigenvalue weighted by Gasteiger charge is -2.31. The summed E-state index contributed by atoms with van der Waals surface area (Å²) in [6.45, 7) is 3.52. The van der Waals surface area contributed by atoms with Crippen LogP contribution in [-0.4, -0.2) is 39.2 Å². The maximum Gasteiger partial charge on any atom is 0.229 e. The Morgan fingerprint density at radius 2 is 2.07 bits per heavy atom. The van der Waals surface area contributed by atoms with E-state index in [1.807, 2.05) is 36.6 Å². The van der Waals surface area contributed by atoms with E-state index in [2.05, 4.69) is 30.4 Å². The maximum atomic E-state index is 12.6. The van der Waals surface area contributed by atoms with Gasteiger partial charge in [0.05, 0.1) is 11.4 Å². The van der Waals surface area contributed by atoms with Gasteiger partial charge in [-0.2, -0.15) is 5.10 Å². The number of carbonyl (C=O) groups is 1. The highest BCUT2D eigenvalue weighted by molar-refractivity contribution is 7.14. The molecule has 0 spiro atoms. The molecule has 1 fully saturated rings. The molecule has 0 aromatic carbocycles. The fourth-order valence-corrected chi connectivity index (χ4v) is 3.84. The lowest BCUT2D eigenvalue weighted by atomic mass is 9.96. The summed E-state index contributed by atoms with van der Waals surface area (Å²) in [5.41, 5.74) is 2.68. The van der Waals surface area contributed by atoms with Crippen LogP contribution in [0, 0.1) is 12.8 Å². The van der Waals surface area contributed by atoms with Gasteiger partial charge in [-0.25, -0.2) is 4.98 Å². The molecule has 138 valence electrons. The van der Waals surface area contributed by atoms with Crippen molar-refractivity contribution in [3.63, 3.8) is 0 Å². The lowest BCUT2D eigenvalue weighted by molar-refractivity contribution is -0.120. The number of anilines is 2. The van der Waals surface area contributed by atoms with Crippen molar-refractivity contribution in [3.8, 4) is 11.3 Å². The molecule has 0 saturated carbocycles. The van der Waals surface area contributed by atoms with Crippen LogP contribution in [-0.2, 0) is 4.79 Å². The first kappa shape index (κ1) is 17.5. The summed E-state index contributed by atoms with van der Waals surface area (Å²) in [6.07, 6.45) is 5.09. The Balaban J connectivity index is 1.33. The molecule has 3 aromatic heterocycles. The van der Waals surface area contributed by atoms with Crippen LogP contribution in [0.3, 0.4) is 0 Å². The number of aryl methyl sites for hydroxylation is 1. The summed E-state index contributed by atoms with van der Waals surface area (Å²) < 4.78 is 0. The van der Waals surface area contributed by atoms with Crippen LogP contribution in [0.25, 0.3) is 11.3 Å². The predicted molar refractivity (Wildman–Crippen MR) is 106 cm³/mol. The highest BCUT2D eigenvalue weighted by Gasteiger charge is 2.26. The van der Waals surface area contributed by atoms with Crippen molar-refractivity contribution in [1.82, 2.24) is 20.2 Å². The van der Waals surface area contributed by atoms with Crippen molar-refractivity contribution in [2.45, 2.75) is 19.8 Å². The van der Waals surface area contributed by atoms with E-state index in [0.29, 0.717) is 5.13 Å². The first-order valence-corrected chi connectivity index (χ1v) is 9.79. The van der Waals surface area contributed by atoms with Crippen LogP contribution in [0.4, 0.5) is 10.9 Å². The SMILES string of the molecule is Cc1ccc(N2CCC(C(=O)Nc3nc(-c4cccnc4)cs3)CC2)nn1.